The van der Waals surface area contributed by atoms with E-state index in [2.05, 4.69) is 24.5 Å². The molecule has 0 aromatic heterocycles. The third-order valence-corrected chi connectivity index (χ3v) is 2.72. The zero-order chi connectivity index (χ0) is 13.8. The van der Waals surface area contributed by atoms with Gasteiger partial charge in [-0.3, -0.25) is 9.59 Å². The van der Waals surface area contributed by atoms with Crippen molar-refractivity contribution in [3.8, 4) is 0 Å². The quantitative estimate of drug-likeness (QED) is 0.402. The fourth-order valence-corrected chi connectivity index (χ4v) is 1.51. The van der Waals surface area contributed by atoms with Gasteiger partial charge in [0.15, 0.2) is 6.04 Å². The molecule has 0 heterocycles. The Hall–Kier alpha value is -1.10. The van der Waals surface area contributed by atoms with E-state index in [4.69, 9.17) is 5.73 Å². The molecule has 5 nitrogen and oxygen atoms in total. The average molecular weight is 257 g/mol. The topological polar surface area (TPSA) is 84.2 Å². The summed E-state index contributed by atoms with van der Waals surface area (Å²) in [7, 11) is 0. The van der Waals surface area contributed by atoms with Crippen molar-refractivity contribution in [2.75, 3.05) is 13.1 Å². The molecule has 18 heavy (non-hydrogen) atoms. The number of amides is 2. The lowest BCUT2D eigenvalue weighted by Gasteiger charge is -2.12. The van der Waals surface area contributed by atoms with Crippen LogP contribution in [0.4, 0.5) is 0 Å². The lowest BCUT2D eigenvalue weighted by atomic mass is 10.2. The van der Waals surface area contributed by atoms with Crippen molar-refractivity contribution >= 4 is 11.8 Å². The lowest BCUT2D eigenvalue weighted by molar-refractivity contribution is -0.131. The highest BCUT2D eigenvalue weighted by atomic mass is 16.2. The maximum atomic E-state index is 11.5. The number of hydrogen-bond acceptors (Lipinski definition) is 3. The van der Waals surface area contributed by atoms with Gasteiger partial charge in [-0.1, -0.05) is 39.5 Å². The Labute approximate surface area is 110 Å². The summed E-state index contributed by atoms with van der Waals surface area (Å²) in [5, 5.41) is 5.35. The Morgan fingerprint density at radius 3 is 1.61 bits per heavy atom. The number of nitrogens with two attached hydrogens (primary N) is 1. The number of hydrogen-bond donors (Lipinski definition) is 3. The normalized spacial score (nSPS) is 10.4. The molecule has 0 aliphatic rings. The first kappa shape index (κ1) is 16.9. The van der Waals surface area contributed by atoms with Crippen LogP contribution in [0.25, 0.3) is 0 Å². The molecular formula is C13H27N3O2. The Morgan fingerprint density at radius 1 is 0.889 bits per heavy atom. The molecule has 0 atom stereocenters. The molecule has 0 saturated carbocycles. The second kappa shape index (κ2) is 11.0. The summed E-state index contributed by atoms with van der Waals surface area (Å²) in [6.45, 7) is 5.36. The van der Waals surface area contributed by atoms with Crippen LogP contribution < -0.4 is 16.4 Å². The second-order valence-electron chi connectivity index (χ2n) is 4.47. The van der Waals surface area contributed by atoms with Crippen LogP contribution in [0.3, 0.4) is 0 Å². The molecule has 0 radical (unpaired) electrons. The van der Waals surface area contributed by atoms with Crippen LogP contribution in [-0.4, -0.2) is 30.9 Å². The van der Waals surface area contributed by atoms with Crippen LogP contribution in [0.15, 0.2) is 0 Å². The molecule has 106 valence electrons. The van der Waals surface area contributed by atoms with E-state index in [9.17, 15) is 9.59 Å². The van der Waals surface area contributed by atoms with Crippen molar-refractivity contribution in [3.05, 3.63) is 0 Å². The lowest BCUT2D eigenvalue weighted by Crippen LogP contribution is -2.51. The number of carbonyl (C=O) groups excluding carboxylic acids is 2. The van der Waals surface area contributed by atoms with E-state index in [1.54, 1.807) is 0 Å². The number of carbonyl (C=O) groups is 2. The summed E-state index contributed by atoms with van der Waals surface area (Å²) in [5.41, 5.74) is 5.57. The fraction of sp³-hybridized carbons (Fsp3) is 0.846. The third kappa shape index (κ3) is 8.06. The first-order valence-corrected chi connectivity index (χ1v) is 6.94. The van der Waals surface area contributed by atoms with Gasteiger partial charge in [0.25, 0.3) is 0 Å². The van der Waals surface area contributed by atoms with Crippen LogP contribution in [0.1, 0.15) is 52.4 Å². The Morgan fingerprint density at radius 2 is 1.28 bits per heavy atom. The molecule has 0 rings (SSSR count). The van der Waals surface area contributed by atoms with E-state index in [1.165, 1.54) is 0 Å². The molecule has 5 heteroatoms. The first-order valence-electron chi connectivity index (χ1n) is 6.94. The van der Waals surface area contributed by atoms with Gasteiger partial charge < -0.3 is 16.4 Å². The SMILES string of the molecule is CCCCCNC(=O)C(N)C(=O)NCCCCC. The second-order valence-corrected chi connectivity index (χ2v) is 4.47. The van der Waals surface area contributed by atoms with Gasteiger partial charge in [-0.25, -0.2) is 0 Å². The largest absolute Gasteiger partial charge is 0.354 e. The van der Waals surface area contributed by atoms with E-state index in [0.717, 1.165) is 38.5 Å². The van der Waals surface area contributed by atoms with E-state index in [1.807, 2.05) is 0 Å². The van der Waals surface area contributed by atoms with Gasteiger partial charge in [0.05, 0.1) is 0 Å². The van der Waals surface area contributed by atoms with Crippen molar-refractivity contribution in [1.82, 2.24) is 10.6 Å². The van der Waals surface area contributed by atoms with E-state index < -0.39 is 6.04 Å². The predicted molar refractivity (Wildman–Crippen MR) is 73.0 cm³/mol. The molecule has 2 amide bonds. The van der Waals surface area contributed by atoms with Gasteiger partial charge in [0.2, 0.25) is 11.8 Å². The Kier molecular flexibility index (Phi) is 10.3. The number of rotatable bonds is 10. The van der Waals surface area contributed by atoms with Crippen LogP contribution >= 0.6 is 0 Å². The van der Waals surface area contributed by atoms with E-state index in [-0.39, 0.29) is 11.8 Å². The highest BCUT2D eigenvalue weighted by Gasteiger charge is 2.20. The van der Waals surface area contributed by atoms with Crippen LogP contribution in [0, 0.1) is 0 Å². The van der Waals surface area contributed by atoms with Gasteiger partial charge >= 0.3 is 0 Å². The minimum atomic E-state index is -1.09. The van der Waals surface area contributed by atoms with E-state index in [0.29, 0.717) is 13.1 Å². The third-order valence-electron chi connectivity index (χ3n) is 2.72. The van der Waals surface area contributed by atoms with Crippen LogP contribution in [0.2, 0.25) is 0 Å². The Balaban J connectivity index is 3.72. The highest BCUT2D eigenvalue weighted by Crippen LogP contribution is 1.93. The molecule has 0 aromatic carbocycles. The molecule has 0 aliphatic heterocycles. The summed E-state index contributed by atoms with van der Waals surface area (Å²) in [5.74, 6) is -0.779. The maximum absolute atomic E-state index is 11.5. The summed E-state index contributed by atoms with van der Waals surface area (Å²) in [6, 6.07) is -1.09. The van der Waals surface area contributed by atoms with Crippen LogP contribution in [0.5, 0.6) is 0 Å². The van der Waals surface area contributed by atoms with Crippen molar-refractivity contribution in [2.24, 2.45) is 5.73 Å². The molecule has 0 spiro atoms. The standard InChI is InChI=1S/C13H27N3O2/c1-3-5-7-9-15-12(17)11(14)13(18)16-10-8-6-4-2/h11H,3-10,14H2,1-2H3,(H,15,17)(H,16,18). The van der Waals surface area contributed by atoms with Crippen molar-refractivity contribution < 1.29 is 9.59 Å². The molecule has 0 saturated heterocycles. The molecule has 4 N–H and O–H groups in total. The molecule has 0 fully saturated rings. The van der Waals surface area contributed by atoms with Crippen LogP contribution in [-0.2, 0) is 9.59 Å². The average Bonchev–Trinajstić information content (AvgIpc) is 2.38. The van der Waals surface area contributed by atoms with Crippen molar-refractivity contribution in [3.63, 3.8) is 0 Å². The molecule has 0 unspecified atom stereocenters. The van der Waals surface area contributed by atoms with Gasteiger partial charge in [0, 0.05) is 13.1 Å². The number of nitrogens with one attached hydrogen (secondary N) is 2. The van der Waals surface area contributed by atoms with Gasteiger partial charge in [-0.2, -0.15) is 0 Å². The van der Waals surface area contributed by atoms with Crippen molar-refractivity contribution in [1.29, 1.82) is 0 Å². The summed E-state index contributed by atoms with van der Waals surface area (Å²) in [4.78, 5) is 23.1. The zero-order valence-electron chi connectivity index (χ0n) is 11.6. The molecule has 0 aromatic rings. The maximum Gasteiger partial charge on any atom is 0.246 e. The fourth-order valence-electron chi connectivity index (χ4n) is 1.51. The first-order chi connectivity index (χ1) is 8.63. The van der Waals surface area contributed by atoms with Gasteiger partial charge in [-0.05, 0) is 12.8 Å². The number of unbranched alkanes of at least 4 members (excludes halogenated alkanes) is 4. The smallest absolute Gasteiger partial charge is 0.246 e. The van der Waals surface area contributed by atoms with E-state index >= 15 is 0 Å². The minimum absolute atomic E-state index is 0.390. The monoisotopic (exact) mass is 257 g/mol. The Bertz CT molecular complexity index is 220. The summed E-state index contributed by atoms with van der Waals surface area (Å²) >= 11 is 0. The minimum Gasteiger partial charge on any atom is -0.354 e. The van der Waals surface area contributed by atoms with Crippen molar-refractivity contribution in [2.45, 2.75) is 58.4 Å². The molecule has 0 bridgehead atoms. The molecular weight excluding hydrogens is 230 g/mol. The predicted octanol–water partition coefficient (Wildman–Crippen LogP) is 0.927. The molecule has 0 aliphatic carbocycles. The van der Waals surface area contributed by atoms with Gasteiger partial charge in [0.1, 0.15) is 0 Å². The zero-order valence-corrected chi connectivity index (χ0v) is 11.6. The summed E-state index contributed by atoms with van der Waals surface area (Å²) < 4.78 is 0. The highest BCUT2D eigenvalue weighted by molar-refractivity contribution is 6.04. The summed E-state index contributed by atoms with van der Waals surface area (Å²) in [6.07, 6.45) is 6.18. The van der Waals surface area contributed by atoms with Gasteiger partial charge in [-0.15, -0.1) is 0 Å².